The molecule has 1 N–H and O–H groups in total. The summed E-state index contributed by atoms with van der Waals surface area (Å²) >= 11 is 0. The number of fused-ring (bicyclic) bond motifs is 1. The van der Waals surface area contributed by atoms with Crippen LogP contribution in [0.15, 0.2) is 42.5 Å². The number of benzene rings is 2. The van der Waals surface area contributed by atoms with Crippen LogP contribution in [0.4, 0.5) is 13.6 Å². The number of imide groups is 1. The third kappa shape index (κ3) is 2.77. The first-order chi connectivity index (χ1) is 13.3. The number of hydrogen-bond donors (Lipinski definition) is 1. The fourth-order valence-corrected chi connectivity index (χ4v) is 3.33. The van der Waals surface area contributed by atoms with Crippen molar-refractivity contribution in [3.05, 3.63) is 71.1 Å². The lowest BCUT2D eigenvalue weighted by Gasteiger charge is -2.23. The Kier molecular flexibility index (Phi) is 4.06. The molecule has 3 aromatic rings. The summed E-state index contributed by atoms with van der Waals surface area (Å²) in [6, 6.07) is 9.34. The topological polar surface area (TPSA) is 75.2 Å². The summed E-state index contributed by atoms with van der Waals surface area (Å²) in [5.74, 6) is -2.16. The molecule has 2 aromatic carbocycles. The van der Waals surface area contributed by atoms with Gasteiger partial charge in [0.2, 0.25) is 0 Å². The first-order valence-electron chi connectivity index (χ1n) is 8.61. The fourth-order valence-electron chi connectivity index (χ4n) is 3.33. The van der Waals surface area contributed by atoms with E-state index in [2.05, 4.69) is 15.3 Å². The molecule has 28 heavy (non-hydrogen) atoms. The second-order valence-corrected chi connectivity index (χ2v) is 6.82. The van der Waals surface area contributed by atoms with Crippen LogP contribution in [0.2, 0.25) is 0 Å². The second-order valence-electron chi connectivity index (χ2n) is 6.82. The molecular formula is C20H16F2N4O2. The Morgan fingerprint density at radius 2 is 1.75 bits per heavy atom. The van der Waals surface area contributed by atoms with E-state index in [1.54, 1.807) is 13.0 Å². The number of amides is 3. The number of aryl methyl sites for hydroxylation is 1. The van der Waals surface area contributed by atoms with Crippen molar-refractivity contribution >= 4 is 23.0 Å². The van der Waals surface area contributed by atoms with E-state index in [1.807, 2.05) is 18.2 Å². The summed E-state index contributed by atoms with van der Waals surface area (Å²) in [5, 5.41) is 2.47. The smallest absolute Gasteiger partial charge is 0.319 e. The zero-order chi connectivity index (χ0) is 20.1. The third-order valence-electron chi connectivity index (χ3n) is 4.89. The summed E-state index contributed by atoms with van der Waals surface area (Å²) in [7, 11) is 0. The fraction of sp³-hybridized carbons (Fsp3) is 0.200. The Hall–Kier alpha value is -3.42. The van der Waals surface area contributed by atoms with E-state index in [9.17, 15) is 18.4 Å². The average Bonchev–Trinajstić information content (AvgIpc) is 2.88. The molecule has 3 amide bonds. The lowest BCUT2D eigenvalue weighted by Crippen LogP contribution is -2.41. The number of carbonyl (C=O) groups is 2. The predicted molar refractivity (Wildman–Crippen MR) is 97.1 cm³/mol. The van der Waals surface area contributed by atoms with Crippen molar-refractivity contribution in [1.82, 2.24) is 20.2 Å². The van der Waals surface area contributed by atoms with Crippen LogP contribution in [0, 0.1) is 18.6 Å². The molecule has 0 spiro atoms. The van der Waals surface area contributed by atoms with Gasteiger partial charge in [0.25, 0.3) is 5.91 Å². The minimum Gasteiger partial charge on any atom is -0.319 e. The van der Waals surface area contributed by atoms with Gasteiger partial charge in [0.15, 0.2) is 0 Å². The number of urea groups is 1. The summed E-state index contributed by atoms with van der Waals surface area (Å²) in [6.07, 6.45) is 0. The van der Waals surface area contributed by atoms with Crippen LogP contribution in [0.1, 0.15) is 23.9 Å². The molecule has 8 heteroatoms. The molecule has 1 aliphatic rings. The molecule has 1 aromatic heterocycles. The van der Waals surface area contributed by atoms with Gasteiger partial charge in [-0.2, -0.15) is 0 Å². The number of halogens is 2. The number of rotatable bonds is 3. The van der Waals surface area contributed by atoms with Gasteiger partial charge in [-0.1, -0.05) is 12.1 Å². The number of hydrogen-bond acceptors (Lipinski definition) is 4. The first-order valence-corrected chi connectivity index (χ1v) is 8.61. The van der Waals surface area contributed by atoms with Crippen LogP contribution in [0.3, 0.4) is 0 Å². The maximum absolute atomic E-state index is 14.2. The van der Waals surface area contributed by atoms with Gasteiger partial charge in [-0.25, -0.2) is 23.5 Å². The van der Waals surface area contributed by atoms with E-state index in [0.29, 0.717) is 22.4 Å². The normalized spacial score (nSPS) is 19.4. The summed E-state index contributed by atoms with van der Waals surface area (Å²) in [4.78, 5) is 35.3. The number of aromatic nitrogens is 2. The van der Waals surface area contributed by atoms with Crippen LogP contribution in [-0.4, -0.2) is 26.8 Å². The van der Waals surface area contributed by atoms with Crippen LogP contribution in [0.25, 0.3) is 11.0 Å². The Bertz CT molecular complexity index is 1130. The van der Waals surface area contributed by atoms with E-state index < -0.39 is 29.1 Å². The molecule has 1 fully saturated rings. The van der Waals surface area contributed by atoms with Crippen molar-refractivity contribution < 1.29 is 18.4 Å². The van der Waals surface area contributed by atoms with Crippen LogP contribution in [-0.2, 0) is 16.9 Å². The van der Waals surface area contributed by atoms with Gasteiger partial charge in [-0.15, -0.1) is 0 Å². The average molecular weight is 382 g/mol. The Balaban J connectivity index is 1.70. The molecular weight excluding hydrogens is 366 g/mol. The maximum Gasteiger partial charge on any atom is 0.325 e. The highest BCUT2D eigenvalue weighted by Gasteiger charge is 2.50. The van der Waals surface area contributed by atoms with Crippen molar-refractivity contribution in [3.8, 4) is 0 Å². The van der Waals surface area contributed by atoms with Crippen molar-refractivity contribution in [2.45, 2.75) is 25.9 Å². The quantitative estimate of drug-likeness (QED) is 0.706. The van der Waals surface area contributed by atoms with Gasteiger partial charge >= 0.3 is 6.03 Å². The molecule has 0 saturated carbocycles. The lowest BCUT2D eigenvalue weighted by atomic mass is 9.91. The Morgan fingerprint density at radius 1 is 1.07 bits per heavy atom. The minimum absolute atomic E-state index is 0.124. The second kappa shape index (κ2) is 6.33. The van der Waals surface area contributed by atoms with Crippen LogP contribution >= 0.6 is 0 Å². The zero-order valence-electron chi connectivity index (χ0n) is 15.2. The van der Waals surface area contributed by atoms with Crippen molar-refractivity contribution in [2.75, 3.05) is 0 Å². The number of nitrogens with zero attached hydrogens (tertiary/aromatic N) is 3. The SMILES string of the molecule is Cc1nc2ccccc2nc1CN1C(=O)N[C@@](C)(c2cc(F)ccc2F)C1=O. The molecule has 1 aliphatic heterocycles. The van der Waals surface area contributed by atoms with Crippen molar-refractivity contribution in [2.24, 2.45) is 0 Å². The highest BCUT2D eigenvalue weighted by atomic mass is 19.1. The third-order valence-corrected chi connectivity index (χ3v) is 4.89. The standard InChI is InChI=1S/C20H16F2N4O2/c1-11-17(24-16-6-4-3-5-15(16)23-11)10-26-18(27)20(2,25-19(26)28)13-9-12(21)7-8-14(13)22/h3-9H,10H2,1-2H3,(H,25,28)/t20-/m0/s1. The predicted octanol–water partition coefficient (Wildman–Crippen LogP) is 3.18. The molecule has 0 unspecified atom stereocenters. The van der Waals surface area contributed by atoms with Gasteiger partial charge in [0.1, 0.15) is 17.2 Å². The van der Waals surface area contributed by atoms with Crippen LogP contribution < -0.4 is 5.32 Å². The summed E-state index contributed by atoms with van der Waals surface area (Å²) in [6.45, 7) is 2.96. The summed E-state index contributed by atoms with van der Waals surface area (Å²) in [5.41, 5.74) is 0.425. The number of carbonyl (C=O) groups excluding carboxylic acids is 2. The summed E-state index contributed by atoms with van der Waals surface area (Å²) < 4.78 is 27.9. The number of para-hydroxylation sites is 2. The molecule has 0 bridgehead atoms. The lowest BCUT2D eigenvalue weighted by molar-refractivity contribution is -0.131. The monoisotopic (exact) mass is 382 g/mol. The molecule has 142 valence electrons. The number of nitrogens with one attached hydrogen (secondary N) is 1. The van der Waals surface area contributed by atoms with Gasteiger partial charge in [-0.05, 0) is 44.2 Å². The highest BCUT2D eigenvalue weighted by molar-refractivity contribution is 6.07. The maximum atomic E-state index is 14.2. The molecule has 6 nitrogen and oxygen atoms in total. The Labute approximate surface area is 159 Å². The van der Waals surface area contributed by atoms with Gasteiger partial charge in [-0.3, -0.25) is 9.69 Å². The largest absolute Gasteiger partial charge is 0.325 e. The van der Waals surface area contributed by atoms with E-state index in [1.165, 1.54) is 6.92 Å². The zero-order valence-corrected chi connectivity index (χ0v) is 15.2. The first kappa shape index (κ1) is 18.0. The molecule has 0 radical (unpaired) electrons. The van der Waals surface area contributed by atoms with Crippen molar-refractivity contribution in [3.63, 3.8) is 0 Å². The molecule has 4 rings (SSSR count). The van der Waals surface area contributed by atoms with Gasteiger partial charge < -0.3 is 5.32 Å². The van der Waals surface area contributed by atoms with E-state index in [0.717, 1.165) is 23.1 Å². The Morgan fingerprint density at radius 3 is 2.46 bits per heavy atom. The van der Waals surface area contributed by atoms with E-state index in [4.69, 9.17) is 0 Å². The minimum atomic E-state index is -1.71. The van der Waals surface area contributed by atoms with Crippen molar-refractivity contribution in [1.29, 1.82) is 0 Å². The van der Waals surface area contributed by atoms with Gasteiger partial charge in [0.05, 0.1) is 29.0 Å². The molecule has 0 aliphatic carbocycles. The molecule has 1 atom stereocenters. The molecule has 2 heterocycles. The van der Waals surface area contributed by atoms with Gasteiger partial charge in [0, 0.05) is 5.56 Å². The highest BCUT2D eigenvalue weighted by Crippen LogP contribution is 2.32. The van der Waals surface area contributed by atoms with E-state index >= 15 is 0 Å². The molecule has 1 saturated heterocycles. The van der Waals surface area contributed by atoms with Crippen LogP contribution in [0.5, 0.6) is 0 Å². The van der Waals surface area contributed by atoms with E-state index in [-0.39, 0.29) is 12.1 Å².